The number of rotatable bonds is 7. The van der Waals surface area contributed by atoms with Crippen molar-refractivity contribution in [3.63, 3.8) is 0 Å². The Labute approximate surface area is 123 Å². The van der Waals surface area contributed by atoms with Crippen LogP contribution >= 0.6 is 15.9 Å². The molecule has 2 rings (SSSR count). The first-order valence-electron chi connectivity index (χ1n) is 6.43. The minimum absolute atomic E-state index is 0.337. The predicted octanol–water partition coefficient (Wildman–Crippen LogP) is 2.01. The van der Waals surface area contributed by atoms with Gasteiger partial charge in [0.2, 0.25) is 10.0 Å². The standard InChI is InChI=1S/C13H19BrN2O2S/c1-10(8-15-13-6-7-13)19(17,18)16-9-11-2-4-12(14)5-3-11/h2-5,10,13,15-16H,6-9H2,1H3. The Kier molecular flexibility index (Phi) is 5.00. The van der Waals surface area contributed by atoms with E-state index in [0.29, 0.717) is 19.1 Å². The number of benzene rings is 1. The van der Waals surface area contributed by atoms with Crippen molar-refractivity contribution in [2.24, 2.45) is 0 Å². The molecule has 6 heteroatoms. The zero-order valence-electron chi connectivity index (χ0n) is 10.9. The van der Waals surface area contributed by atoms with Crippen molar-refractivity contribution in [2.75, 3.05) is 6.54 Å². The van der Waals surface area contributed by atoms with Crippen molar-refractivity contribution >= 4 is 26.0 Å². The molecule has 1 aromatic carbocycles. The second kappa shape index (κ2) is 6.35. The van der Waals surface area contributed by atoms with Gasteiger partial charge in [-0.05, 0) is 37.5 Å². The lowest BCUT2D eigenvalue weighted by Crippen LogP contribution is -2.39. The molecule has 1 aliphatic carbocycles. The lowest BCUT2D eigenvalue weighted by Gasteiger charge is -2.14. The molecule has 1 unspecified atom stereocenters. The first kappa shape index (κ1) is 15.0. The Hall–Kier alpha value is -0.430. The molecule has 0 amide bonds. The maximum Gasteiger partial charge on any atom is 0.215 e. The van der Waals surface area contributed by atoms with E-state index in [2.05, 4.69) is 26.0 Å². The molecule has 0 spiro atoms. The Morgan fingerprint density at radius 1 is 1.32 bits per heavy atom. The molecular formula is C13H19BrN2O2S. The molecular weight excluding hydrogens is 328 g/mol. The quantitative estimate of drug-likeness (QED) is 0.793. The second-order valence-electron chi connectivity index (χ2n) is 4.99. The van der Waals surface area contributed by atoms with Crippen molar-refractivity contribution in [1.82, 2.24) is 10.0 Å². The van der Waals surface area contributed by atoms with Crippen LogP contribution in [0.15, 0.2) is 28.7 Å². The lowest BCUT2D eigenvalue weighted by atomic mass is 10.2. The zero-order chi connectivity index (χ0) is 13.9. The van der Waals surface area contributed by atoms with Crippen LogP contribution in [-0.4, -0.2) is 26.3 Å². The van der Waals surface area contributed by atoms with Crippen LogP contribution in [0.5, 0.6) is 0 Å². The molecule has 0 heterocycles. The third-order valence-corrected chi connectivity index (χ3v) is 5.49. The molecule has 0 bridgehead atoms. The van der Waals surface area contributed by atoms with Gasteiger partial charge in [-0.25, -0.2) is 13.1 Å². The fourth-order valence-electron chi connectivity index (χ4n) is 1.66. The molecule has 1 fully saturated rings. The lowest BCUT2D eigenvalue weighted by molar-refractivity contribution is 0.557. The van der Waals surface area contributed by atoms with E-state index in [4.69, 9.17) is 0 Å². The van der Waals surface area contributed by atoms with E-state index in [9.17, 15) is 8.42 Å². The Morgan fingerprint density at radius 2 is 1.95 bits per heavy atom. The summed E-state index contributed by atoms with van der Waals surface area (Å²) in [6, 6.07) is 8.15. The average molecular weight is 347 g/mol. The summed E-state index contributed by atoms with van der Waals surface area (Å²) in [5.41, 5.74) is 0.953. The van der Waals surface area contributed by atoms with E-state index in [1.165, 1.54) is 12.8 Å². The van der Waals surface area contributed by atoms with Gasteiger partial charge < -0.3 is 5.32 Å². The van der Waals surface area contributed by atoms with E-state index in [1.807, 2.05) is 24.3 Å². The van der Waals surface area contributed by atoms with Gasteiger partial charge in [-0.2, -0.15) is 0 Å². The monoisotopic (exact) mass is 346 g/mol. The van der Waals surface area contributed by atoms with Crippen LogP contribution in [0.2, 0.25) is 0 Å². The number of halogens is 1. The van der Waals surface area contributed by atoms with Gasteiger partial charge in [0.05, 0.1) is 5.25 Å². The average Bonchev–Trinajstić information content (AvgIpc) is 3.19. The highest BCUT2D eigenvalue weighted by Crippen LogP contribution is 2.18. The zero-order valence-corrected chi connectivity index (χ0v) is 13.3. The summed E-state index contributed by atoms with van der Waals surface area (Å²) in [4.78, 5) is 0. The Bertz CT molecular complexity index is 512. The third kappa shape index (κ3) is 4.87. The fourth-order valence-corrected chi connectivity index (χ4v) is 2.89. The van der Waals surface area contributed by atoms with Crippen molar-refractivity contribution < 1.29 is 8.42 Å². The molecule has 0 aliphatic heterocycles. The largest absolute Gasteiger partial charge is 0.313 e. The molecule has 2 N–H and O–H groups in total. The van der Waals surface area contributed by atoms with Crippen LogP contribution in [-0.2, 0) is 16.6 Å². The van der Waals surface area contributed by atoms with Gasteiger partial charge in [0, 0.05) is 23.6 Å². The minimum Gasteiger partial charge on any atom is -0.313 e. The topological polar surface area (TPSA) is 58.2 Å². The summed E-state index contributed by atoms with van der Waals surface area (Å²) in [5, 5.41) is 2.83. The van der Waals surface area contributed by atoms with Gasteiger partial charge in [-0.3, -0.25) is 0 Å². The molecule has 1 atom stereocenters. The Morgan fingerprint density at radius 3 is 2.53 bits per heavy atom. The van der Waals surface area contributed by atoms with E-state index in [0.717, 1.165) is 10.0 Å². The van der Waals surface area contributed by atoms with Crippen LogP contribution in [0.3, 0.4) is 0 Å². The van der Waals surface area contributed by atoms with Crippen LogP contribution in [0.25, 0.3) is 0 Å². The van der Waals surface area contributed by atoms with Crippen LogP contribution in [0.1, 0.15) is 25.3 Å². The summed E-state index contributed by atoms with van der Waals surface area (Å²) in [6.45, 7) is 2.59. The van der Waals surface area contributed by atoms with E-state index in [1.54, 1.807) is 6.92 Å². The second-order valence-corrected chi connectivity index (χ2v) is 8.08. The van der Waals surface area contributed by atoms with Gasteiger partial charge >= 0.3 is 0 Å². The van der Waals surface area contributed by atoms with Gasteiger partial charge in [0.15, 0.2) is 0 Å². The highest BCUT2D eigenvalue weighted by atomic mass is 79.9. The molecule has 0 aromatic heterocycles. The van der Waals surface area contributed by atoms with Crippen molar-refractivity contribution in [3.8, 4) is 0 Å². The fraction of sp³-hybridized carbons (Fsp3) is 0.538. The first-order chi connectivity index (χ1) is 8.97. The van der Waals surface area contributed by atoms with Crippen molar-refractivity contribution in [2.45, 2.75) is 37.6 Å². The van der Waals surface area contributed by atoms with E-state index < -0.39 is 15.3 Å². The normalized spacial score (nSPS) is 17.4. The van der Waals surface area contributed by atoms with Crippen molar-refractivity contribution in [1.29, 1.82) is 0 Å². The van der Waals surface area contributed by atoms with Crippen LogP contribution in [0.4, 0.5) is 0 Å². The maximum atomic E-state index is 12.0. The van der Waals surface area contributed by atoms with Crippen LogP contribution < -0.4 is 10.0 Å². The molecule has 4 nitrogen and oxygen atoms in total. The van der Waals surface area contributed by atoms with E-state index in [-0.39, 0.29) is 0 Å². The number of hydrogen-bond donors (Lipinski definition) is 2. The summed E-state index contributed by atoms with van der Waals surface area (Å²) in [6.07, 6.45) is 2.33. The molecule has 106 valence electrons. The molecule has 1 saturated carbocycles. The predicted molar refractivity (Wildman–Crippen MR) is 80.4 cm³/mol. The molecule has 19 heavy (non-hydrogen) atoms. The highest BCUT2D eigenvalue weighted by molar-refractivity contribution is 9.10. The molecule has 1 aliphatic rings. The SMILES string of the molecule is CC(CNC1CC1)S(=O)(=O)NCc1ccc(Br)cc1. The molecule has 0 saturated heterocycles. The van der Waals surface area contributed by atoms with Crippen LogP contribution in [0, 0.1) is 0 Å². The highest BCUT2D eigenvalue weighted by Gasteiger charge is 2.25. The van der Waals surface area contributed by atoms with Gasteiger partial charge in [-0.1, -0.05) is 28.1 Å². The van der Waals surface area contributed by atoms with Gasteiger partial charge in [-0.15, -0.1) is 0 Å². The van der Waals surface area contributed by atoms with Crippen molar-refractivity contribution in [3.05, 3.63) is 34.3 Å². The summed E-state index contributed by atoms with van der Waals surface area (Å²) >= 11 is 3.35. The summed E-state index contributed by atoms with van der Waals surface area (Å²) in [5.74, 6) is 0. The minimum atomic E-state index is -3.26. The number of nitrogens with one attached hydrogen (secondary N) is 2. The molecule has 0 radical (unpaired) electrons. The maximum absolute atomic E-state index is 12.0. The Balaban J connectivity index is 1.83. The van der Waals surface area contributed by atoms with E-state index >= 15 is 0 Å². The third-order valence-electron chi connectivity index (χ3n) is 3.19. The smallest absolute Gasteiger partial charge is 0.215 e. The number of sulfonamides is 1. The number of hydrogen-bond acceptors (Lipinski definition) is 3. The summed E-state index contributed by atoms with van der Waals surface area (Å²) in [7, 11) is -3.26. The van der Waals surface area contributed by atoms with Gasteiger partial charge in [0.1, 0.15) is 0 Å². The summed E-state index contributed by atoms with van der Waals surface area (Å²) < 4.78 is 27.7. The van der Waals surface area contributed by atoms with Gasteiger partial charge in [0.25, 0.3) is 0 Å². The molecule has 1 aromatic rings. The first-order valence-corrected chi connectivity index (χ1v) is 8.77.